The minimum Gasteiger partial charge on any atom is -0.494 e. The monoisotopic (exact) mass is 474 g/mol. The molecule has 1 unspecified atom stereocenters. The molecule has 7 nitrogen and oxygen atoms in total. The van der Waals surface area contributed by atoms with Crippen LogP contribution in [-0.4, -0.2) is 77.7 Å². The van der Waals surface area contributed by atoms with Gasteiger partial charge in [0.25, 0.3) is 0 Å². The predicted molar refractivity (Wildman–Crippen MR) is 135 cm³/mol. The molecule has 0 radical (unpaired) electrons. The number of carbonyl (C=O) groups excluding carboxylic acids is 1. The molecule has 7 heteroatoms. The summed E-state index contributed by atoms with van der Waals surface area (Å²) in [6.07, 6.45) is 8.57. The predicted octanol–water partition coefficient (Wildman–Crippen LogP) is 3.99. The maximum absolute atomic E-state index is 13.0. The summed E-state index contributed by atoms with van der Waals surface area (Å²) in [6.45, 7) is 6.82. The molecule has 1 atom stereocenters. The first-order chi connectivity index (χ1) is 17.3. The van der Waals surface area contributed by atoms with Crippen LogP contribution in [0, 0.1) is 0 Å². The van der Waals surface area contributed by atoms with Crippen molar-refractivity contribution in [3.8, 4) is 11.4 Å². The number of benzene rings is 2. The molecule has 2 saturated heterocycles. The van der Waals surface area contributed by atoms with Gasteiger partial charge in [-0.15, -0.1) is 0 Å². The van der Waals surface area contributed by atoms with E-state index in [0.29, 0.717) is 13.2 Å². The van der Waals surface area contributed by atoms with E-state index in [1.807, 2.05) is 41.1 Å². The van der Waals surface area contributed by atoms with Crippen LogP contribution in [0.15, 0.2) is 67.3 Å². The van der Waals surface area contributed by atoms with Gasteiger partial charge in [-0.1, -0.05) is 12.1 Å². The van der Waals surface area contributed by atoms with E-state index >= 15 is 0 Å². The topological polar surface area (TPSA) is 59.8 Å². The van der Waals surface area contributed by atoms with Gasteiger partial charge in [0.15, 0.2) is 5.78 Å². The number of carbonyl (C=O) groups is 1. The van der Waals surface area contributed by atoms with Gasteiger partial charge in [0.2, 0.25) is 0 Å². The second-order valence-corrected chi connectivity index (χ2v) is 9.30. The number of likely N-dealkylation sites (tertiary alicyclic amines) is 1. The van der Waals surface area contributed by atoms with Gasteiger partial charge in [-0.2, -0.15) is 0 Å². The Bertz CT molecular complexity index is 1080. The highest BCUT2D eigenvalue weighted by Gasteiger charge is 2.28. The first-order valence-corrected chi connectivity index (χ1v) is 12.6. The van der Waals surface area contributed by atoms with Crippen LogP contribution in [0.3, 0.4) is 0 Å². The lowest BCUT2D eigenvalue weighted by Gasteiger charge is -2.26. The number of Topliss-reactive ketones (excluding diaryl/α,β-unsaturated/α-hetero) is 1. The molecule has 0 N–H and O–H groups in total. The molecule has 0 amide bonds. The van der Waals surface area contributed by atoms with Crippen LogP contribution in [-0.2, 0) is 4.74 Å². The third-order valence-electron chi connectivity index (χ3n) is 6.94. The van der Waals surface area contributed by atoms with Gasteiger partial charge >= 0.3 is 0 Å². The Morgan fingerprint density at radius 1 is 1.09 bits per heavy atom. The van der Waals surface area contributed by atoms with Crippen molar-refractivity contribution in [3.63, 3.8) is 0 Å². The van der Waals surface area contributed by atoms with Gasteiger partial charge in [0.1, 0.15) is 5.75 Å². The number of hydrogen-bond acceptors (Lipinski definition) is 6. The van der Waals surface area contributed by atoms with E-state index in [1.54, 1.807) is 12.5 Å². The van der Waals surface area contributed by atoms with Gasteiger partial charge in [-0.25, -0.2) is 4.98 Å². The van der Waals surface area contributed by atoms with Crippen molar-refractivity contribution in [1.29, 1.82) is 0 Å². The fourth-order valence-corrected chi connectivity index (χ4v) is 5.01. The third-order valence-corrected chi connectivity index (χ3v) is 6.94. The highest BCUT2D eigenvalue weighted by Crippen LogP contribution is 2.33. The maximum Gasteiger partial charge on any atom is 0.176 e. The van der Waals surface area contributed by atoms with Crippen LogP contribution in [0.5, 0.6) is 5.75 Å². The van der Waals surface area contributed by atoms with Crippen LogP contribution < -0.4 is 4.74 Å². The van der Waals surface area contributed by atoms with Crippen molar-refractivity contribution in [1.82, 2.24) is 19.4 Å². The van der Waals surface area contributed by atoms with Crippen molar-refractivity contribution in [2.45, 2.75) is 25.3 Å². The van der Waals surface area contributed by atoms with Gasteiger partial charge in [0.05, 0.1) is 32.7 Å². The van der Waals surface area contributed by atoms with E-state index in [-0.39, 0.29) is 11.8 Å². The average molecular weight is 475 g/mol. The van der Waals surface area contributed by atoms with Crippen molar-refractivity contribution < 1.29 is 14.3 Å². The molecule has 0 bridgehead atoms. The van der Waals surface area contributed by atoms with E-state index in [1.165, 1.54) is 5.56 Å². The molecule has 2 aromatic carbocycles. The van der Waals surface area contributed by atoms with E-state index in [0.717, 1.165) is 75.7 Å². The molecule has 5 rings (SSSR count). The number of hydrogen-bond donors (Lipinski definition) is 0. The lowest BCUT2D eigenvalue weighted by molar-refractivity contribution is 0.0358. The molecule has 184 valence electrons. The normalized spacial score (nSPS) is 19.1. The largest absolute Gasteiger partial charge is 0.494 e. The fourth-order valence-electron chi connectivity index (χ4n) is 5.01. The molecule has 2 aliphatic rings. The number of ether oxygens (including phenoxy) is 2. The Kier molecular flexibility index (Phi) is 7.88. The van der Waals surface area contributed by atoms with Crippen LogP contribution in [0.1, 0.15) is 41.2 Å². The highest BCUT2D eigenvalue weighted by atomic mass is 16.5. The number of morpholine rings is 1. The quantitative estimate of drug-likeness (QED) is 0.327. The first-order valence-electron chi connectivity index (χ1n) is 12.6. The summed E-state index contributed by atoms with van der Waals surface area (Å²) < 4.78 is 13.4. The molecule has 0 aliphatic carbocycles. The Hall–Kier alpha value is -3.00. The summed E-state index contributed by atoms with van der Waals surface area (Å²) >= 11 is 0. The number of ketones is 1. The van der Waals surface area contributed by atoms with Gasteiger partial charge < -0.3 is 14.0 Å². The van der Waals surface area contributed by atoms with Crippen molar-refractivity contribution in [2.24, 2.45) is 0 Å². The van der Waals surface area contributed by atoms with Gasteiger partial charge in [-0.3, -0.25) is 14.6 Å². The SMILES string of the molecule is O=C(CN1CCCC1c1cccc(OCCCN2CCOCC2)c1)c1ccc(-n2ccnc2)cc1. The lowest BCUT2D eigenvalue weighted by Crippen LogP contribution is -2.37. The molecule has 2 fully saturated rings. The summed E-state index contributed by atoms with van der Waals surface area (Å²) in [4.78, 5) is 21.9. The van der Waals surface area contributed by atoms with Crippen LogP contribution in [0.2, 0.25) is 0 Å². The smallest absolute Gasteiger partial charge is 0.176 e. The standard InChI is InChI=1S/C28H34N4O3/c33-28(23-7-9-25(10-8-23)32-14-11-29-22-32)21-31-13-2-6-27(31)24-4-1-5-26(20-24)35-17-3-12-30-15-18-34-19-16-30/h1,4-5,7-11,14,20,22,27H,2-3,6,12-13,15-19,21H2. The Morgan fingerprint density at radius 3 is 2.74 bits per heavy atom. The van der Waals surface area contributed by atoms with Crippen LogP contribution in [0.4, 0.5) is 0 Å². The van der Waals surface area contributed by atoms with Crippen LogP contribution >= 0.6 is 0 Å². The Balaban J connectivity index is 1.15. The second kappa shape index (κ2) is 11.6. The number of rotatable bonds is 10. The zero-order valence-corrected chi connectivity index (χ0v) is 20.2. The van der Waals surface area contributed by atoms with Crippen molar-refractivity contribution in [3.05, 3.63) is 78.4 Å². The van der Waals surface area contributed by atoms with E-state index < -0.39 is 0 Å². The van der Waals surface area contributed by atoms with E-state index in [4.69, 9.17) is 9.47 Å². The summed E-state index contributed by atoms with van der Waals surface area (Å²) in [5, 5.41) is 0. The van der Waals surface area contributed by atoms with Crippen molar-refractivity contribution in [2.75, 3.05) is 52.5 Å². The molecular weight excluding hydrogens is 440 g/mol. The summed E-state index contributed by atoms with van der Waals surface area (Å²) in [5.74, 6) is 1.07. The van der Waals surface area contributed by atoms with E-state index in [9.17, 15) is 4.79 Å². The maximum atomic E-state index is 13.0. The molecule has 2 aliphatic heterocycles. The molecule has 3 aromatic rings. The number of imidazole rings is 1. The summed E-state index contributed by atoms with van der Waals surface area (Å²) in [7, 11) is 0. The summed E-state index contributed by atoms with van der Waals surface area (Å²) in [5.41, 5.74) is 2.98. The number of nitrogens with zero attached hydrogens (tertiary/aromatic N) is 4. The minimum atomic E-state index is 0.157. The Labute approximate surface area is 207 Å². The summed E-state index contributed by atoms with van der Waals surface area (Å²) in [6, 6.07) is 16.4. The molecule has 0 spiro atoms. The molecular formula is C28H34N4O3. The number of aromatic nitrogens is 2. The van der Waals surface area contributed by atoms with Crippen molar-refractivity contribution >= 4 is 5.78 Å². The second-order valence-electron chi connectivity index (χ2n) is 9.30. The van der Waals surface area contributed by atoms with Gasteiger partial charge in [-0.05, 0) is 67.8 Å². The molecule has 1 aromatic heterocycles. The fraction of sp³-hybridized carbons (Fsp3) is 0.429. The average Bonchev–Trinajstić information content (AvgIpc) is 3.60. The third kappa shape index (κ3) is 6.17. The zero-order chi connectivity index (χ0) is 23.9. The van der Waals surface area contributed by atoms with E-state index in [2.05, 4.69) is 33.0 Å². The Morgan fingerprint density at radius 2 is 1.94 bits per heavy atom. The lowest BCUT2D eigenvalue weighted by atomic mass is 10.0. The first kappa shape index (κ1) is 23.7. The molecule has 0 saturated carbocycles. The zero-order valence-electron chi connectivity index (χ0n) is 20.2. The van der Waals surface area contributed by atoms with Crippen LogP contribution in [0.25, 0.3) is 5.69 Å². The minimum absolute atomic E-state index is 0.157. The highest BCUT2D eigenvalue weighted by molar-refractivity contribution is 5.97. The molecule has 3 heterocycles. The molecule has 35 heavy (non-hydrogen) atoms. The van der Waals surface area contributed by atoms with Gasteiger partial charge in [0, 0.05) is 49.3 Å².